The van der Waals surface area contributed by atoms with E-state index in [0.29, 0.717) is 5.92 Å². The van der Waals surface area contributed by atoms with Crippen LogP contribution < -0.4 is 14.8 Å². The number of benzene rings is 1. The molecule has 2 aromatic rings. The molecule has 1 aromatic heterocycles. The number of fused-ring (bicyclic) bond motifs is 1. The Balaban J connectivity index is 1.74. The first-order chi connectivity index (χ1) is 14.4. The maximum atomic E-state index is 11.7. The van der Waals surface area contributed by atoms with Crippen molar-refractivity contribution >= 4 is 5.91 Å². The molecule has 8 nitrogen and oxygen atoms in total. The summed E-state index contributed by atoms with van der Waals surface area (Å²) in [7, 11) is 3.33. The minimum atomic E-state index is -0.113. The van der Waals surface area contributed by atoms with Crippen LogP contribution in [0.25, 0.3) is 0 Å². The van der Waals surface area contributed by atoms with Gasteiger partial charge in [-0.1, -0.05) is 13.8 Å². The Morgan fingerprint density at radius 3 is 2.40 bits per heavy atom. The molecule has 1 aliphatic heterocycles. The van der Waals surface area contributed by atoms with Gasteiger partial charge >= 0.3 is 0 Å². The highest BCUT2D eigenvalue weighted by Gasteiger charge is 2.25. The largest absolute Gasteiger partial charge is 0.497 e. The van der Waals surface area contributed by atoms with Gasteiger partial charge in [0.15, 0.2) is 5.82 Å². The zero-order valence-electron chi connectivity index (χ0n) is 18.6. The number of hydrogen-bond acceptors (Lipinski definition) is 6. The SMILES string of the molecule is COc1cc(CN2CCc3nnc([C@H](CC(C)C)NC(C)=O)n3CC2)cc(OC)c1. The van der Waals surface area contributed by atoms with Crippen molar-refractivity contribution in [3.63, 3.8) is 0 Å². The van der Waals surface area contributed by atoms with E-state index < -0.39 is 0 Å². The van der Waals surface area contributed by atoms with Gasteiger partial charge in [0.25, 0.3) is 0 Å². The minimum Gasteiger partial charge on any atom is -0.497 e. The van der Waals surface area contributed by atoms with Gasteiger partial charge in [0, 0.05) is 45.6 Å². The highest BCUT2D eigenvalue weighted by atomic mass is 16.5. The van der Waals surface area contributed by atoms with Gasteiger partial charge in [0.2, 0.25) is 5.91 Å². The predicted octanol–water partition coefficient (Wildman–Crippen LogP) is 2.58. The van der Waals surface area contributed by atoms with E-state index in [-0.39, 0.29) is 11.9 Å². The number of hydrogen-bond donors (Lipinski definition) is 1. The molecule has 1 amide bonds. The molecular weight excluding hydrogens is 382 g/mol. The third-order valence-electron chi connectivity index (χ3n) is 5.36. The van der Waals surface area contributed by atoms with E-state index in [0.717, 1.165) is 67.7 Å². The molecule has 164 valence electrons. The first kappa shape index (κ1) is 22.1. The molecule has 0 saturated carbocycles. The first-order valence-electron chi connectivity index (χ1n) is 10.5. The van der Waals surface area contributed by atoms with Gasteiger partial charge < -0.3 is 19.4 Å². The lowest BCUT2D eigenvalue weighted by molar-refractivity contribution is -0.119. The molecule has 0 unspecified atom stereocenters. The molecule has 2 heterocycles. The second kappa shape index (κ2) is 9.93. The lowest BCUT2D eigenvalue weighted by atomic mass is 10.0. The molecule has 0 fully saturated rings. The Kier molecular flexibility index (Phi) is 7.31. The van der Waals surface area contributed by atoms with Crippen LogP contribution in [0.1, 0.15) is 50.4 Å². The maximum absolute atomic E-state index is 11.7. The zero-order chi connectivity index (χ0) is 21.7. The standard InChI is InChI=1S/C22H33N5O3/c1-15(2)10-20(23-16(3)28)22-25-24-21-6-7-26(8-9-27(21)22)14-17-11-18(29-4)13-19(12-17)30-5/h11-13,15,20H,6-10,14H2,1-5H3,(H,23,28)/t20-/m0/s1. The topological polar surface area (TPSA) is 81.5 Å². The number of amides is 1. The van der Waals surface area contributed by atoms with Crippen molar-refractivity contribution in [3.8, 4) is 11.5 Å². The Bertz CT molecular complexity index is 842. The van der Waals surface area contributed by atoms with E-state index in [1.54, 1.807) is 21.1 Å². The number of nitrogens with zero attached hydrogens (tertiary/aromatic N) is 4. The summed E-state index contributed by atoms with van der Waals surface area (Å²) < 4.78 is 13.0. The van der Waals surface area contributed by atoms with Crippen LogP contribution in [0.2, 0.25) is 0 Å². The number of aromatic nitrogens is 3. The van der Waals surface area contributed by atoms with Gasteiger partial charge in [-0.3, -0.25) is 9.69 Å². The van der Waals surface area contributed by atoms with E-state index in [1.807, 2.05) is 18.2 Å². The van der Waals surface area contributed by atoms with Crippen molar-refractivity contribution in [3.05, 3.63) is 35.4 Å². The summed E-state index contributed by atoms with van der Waals surface area (Å²) >= 11 is 0. The quantitative estimate of drug-likeness (QED) is 0.714. The molecular formula is C22H33N5O3. The van der Waals surface area contributed by atoms with Crippen LogP contribution in [-0.2, 0) is 24.3 Å². The van der Waals surface area contributed by atoms with Gasteiger partial charge in [-0.25, -0.2) is 0 Å². The Morgan fingerprint density at radius 2 is 1.80 bits per heavy atom. The lowest BCUT2D eigenvalue weighted by Gasteiger charge is -2.22. The van der Waals surface area contributed by atoms with Crippen molar-refractivity contribution < 1.29 is 14.3 Å². The average Bonchev–Trinajstić information content (AvgIpc) is 3.01. The van der Waals surface area contributed by atoms with Gasteiger partial charge in [-0.15, -0.1) is 10.2 Å². The summed E-state index contributed by atoms with van der Waals surface area (Å²) in [5.41, 5.74) is 1.15. The number of ether oxygens (including phenoxy) is 2. The first-order valence-corrected chi connectivity index (χ1v) is 10.5. The second-order valence-corrected chi connectivity index (χ2v) is 8.26. The number of methoxy groups -OCH3 is 2. The van der Waals surface area contributed by atoms with Gasteiger partial charge in [0.05, 0.1) is 20.3 Å². The van der Waals surface area contributed by atoms with Crippen LogP contribution in [0.3, 0.4) is 0 Å². The van der Waals surface area contributed by atoms with E-state index in [9.17, 15) is 4.79 Å². The van der Waals surface area contributed by atoms with Crippen LogP contribution in [0, 0.1) is 5.92 Å². The number of carbonyl (C=O) groups excluding carboxylic acids is 1. The van der Waals surface area contributed by atoms with Crippen LogP contribution in [-0.4, -0.2) is 52.9 Å². The normalized spacial score (nSPS) is 15.4. The molecule has 0 aliphatic carbocycles. The van der Waals surface area contributed by atoms with E-state index in [4.69, 9.17) is 9.47 Å². The summed E-state index contributed by atoms with van der Waals surface area (Å²) in [5.74, 6) is 3.84. The molecule has 3 rings (SSSR count). The number of rotatable bonds is 8. The van der Waals surface area contributed by atoms with Crippen molar-refractivity contribution in [1.82, 2.24) is 25.0 Å². The third-order valence-corrected chi connectivity index (χ3v) is 5.36. The fourth-order valence-electron chi connectivity index (χ4n) is 3.97. The number of nitrogens with one attached hydrogen (secondary N) is 1. The minimum absolute atomic E-state index is 0.0415. The Labute approximate surface area is 178 Å². The fourth-order valence-corrected chi connectivity index (χ4v) is 3.97. The van der Waals surface area contributed by atoms with Crippen LogP contribution in [0.4, 0.5) is 0 Å². The second-order valence-electron chi connectivity index (χ2n) is 8.26. The Hall–Kier alpha value is -2.61. The van der Waals surface area contributed by atoms with Crippen molar-refractivity contribution in [1.29, 1.82) is 0 Å². The molecule has 0 spiro atoms. The van der Waals surface area contributed by atoms with E-state index in [1.165, 1.54) is 0 Å². The molecule has 8 heteroatoms. The van der Waals surface area contributed by atoms with Crippen molar-refractivity contribution in [2.24, 2.45) is 5.92 Å². The van der Waals surface area contributed by atoms with Crippen LogP contribution >= 0.6 is 0 Å². The highest BCUT2D eigenvalue weighted by molar-refractivity contribution is 5.73. The monoisotopic (exact) mass is 415 g/mol. The molecule has 1 aliphatic rings. The third kappa shape index (κ3) is 5.50. The lowest BCUT2D eigenvalue weighted by Crippen LogP contribution is -2.31. The summed E-state index contributed by atoms with van der Waals surface area (Å²) in [6, 6.07) is 5.87. The predicted molar refractivity (Wildman–Crippen MR) is 115 cm³/mol. The number of carbonyl (C=O) groups is 1. The van der Waals surface area contributed by atoms with Crippen molar-refractivity contribution in [2.75, 3.05) is 27.3 Å². The van der Waals surface area contributed by atoms with Gasteiger partial charge in [0.1, 0.15) is 17.3 Å². The molecule has 1 N–H and O–H groups in total. The summed E-state index contributed by atoms with van der Waals surface area (Å²) in [5, 5.41) is 11.9. The van der Waals surface area contributed by atoms with E-state index in [2.05, 4.69) is 38.8 Å². The Morgan fingerprint density at radius 1 is 1.10 bits per heavy atom. The highest BCUT2D eigenvalue weighted by Crippen LogP contribution is 2.25. The van der Waals surface area contributed by atoms with Crippen LogP contribution in [0.5, 0.6) is 11.5 Å². The molecule has 1 atom stereocenters. The smallest absolute Gasteiger partial charge is 0.217 e. The maximum Gasteiger partial charge on any atom is 0.217 e. The van der Waals surface area contributed by atoms with Gasteiger partial charge in [-0.05, 0) is 30.0 Å². The van der Waals surface area contributed by atoms with Gasteiger partial charge in [-0.2, -0.15) is 0 Å². The summed E-state index contributed by atoms with van der Waals surface area (Å²) in [6.07, 6.45) is 1.66. The molecule has 0 radical (unpaired) electrons. The fraction of sp³-hybridized carbons (Fsp3) is 0.591. The summed E-state index contributed by atoms with van der Waals surface area (Å²) in [4.78, 5) is 14.1. The zero-order valence-corrected chi connectivity index (χ0v) is 18.6. The average molecular weight is 416 g/mol. The van der Waals surface area contributed by atoms with Crippen molar-refractivity contribution in [2.45, 2.75) is 52.7 Å². The van der Waals surface area contributed by atoms with Crippen LogP contribution in [0.15, 0.2) is 18.2 Å². The molecule has 0 saturated heterocycles. The molecule has 30 heavy (non-hydrogen) atoms. The molecule has 0 bridgehead atoms. The van der Waals surface area contributed by atoms with E-state index >= 15 is 0 Å². The summed E-state index contributed by atoms with van der Waals surface area (Å²) in [6.45, 7) is 9.24. The molecule has 1 aromatic carbocycles.